The first kappa shape index (κ1) is 13.9. The molecular weight excluding hydrogens is 266 g/mol. The van der Waals surface area contributed by atoms with Crippen LogP contribution in [0.15, 0.2) is 18.5 Å². The van der Waals surface area contributed by atoms with Crippen LogP contribution in [0.1, 0.15) is 19.8 Å². The first-order valence-corrected chi connectivity index (χ1v) is 6.87. The number of urea groups is 1. The Labute approximate surface area is 117 Å². The molecule has 1 aromatic rings. The topological polar surface area (TPSA) is 54.5 Å². The first-order valence-electron chi connectivity index (χ1n) is 6.49. The number of pyridine rings is 1. The van der Waals surface area contributed by atoms with E-state index in [1.165, 1.54) is 0 Å². The van der Waals surface area contributed by atoms with Crippen LogP contribution in [-0.2, 0) is 0 Å². The molecule has 0 spiro atoms. The number of nitrogens with one attached hydrogen (secondary N) is 1. The van der Waals surface area contributed by atoms with E-state index in [1.807, 2.05) is 6.92 Å². The quantitative estimate of drug-likeness (QED) is 0.926. The van der Waals surface area contributed by atoms with Crippen LogP contribution in [0.5, 0.6) is 5.75 Å². The molecule has 2 amide bonds. The standard InChI is InChI=1S/C13H18ClN3O2/c1-2-16-13(18)17-7-3-4-10(9-17)19-12-5-6-15-8-11(12)14/h5-6,8,10H,2-4,7,9H2,1H3,(H,16,18)/t10-/m1/s1. The van der Waals surface area contributed by atoms with Crippen LogP contribution in [-0.4, -0.2) is 41.7 Å². The highest BCUT2D eigenvalue weighted by Crippen LogP contribution is 2.25. The second-order valence-corrected chi connectivity index (χ2v) is 4.88. The summed E-state index contributed by atoms with van der Waals surface area (Å²) in [6, 6.07) is 1.71. The number of nitrogens with zero attached hydrogens (tertiary/aromatic N) is 2. The summed E-state index contributed by atoms with van der Waals surface area (Å²) < 4.78 is 5.85. The summed E-state index contributed by atoms with van der Waals surface area (Å²) in [5.74, 6) is 0.624. The van der Waals surface area contributed by atoms with Gasteiger partial charge in [-0.25, -0.2) is 4.79 Å². The highest BCUT2D eigenvalue weighted by Gasteiger charge is 2.24. The second kappa shape index (κ2) is 6.61. The molecule has 19 heavy (non-hydrogen) atoms. The van der Waals surface area contributed by atoms with Crippen molar-refractivity contribution in [3.63, 3.8) is 0 Å². The van der Waals surface area contributed by atoms with E-state index in [0.717, 1.165) is 19.4 Å². The molecule has 1 atom stereocenters. The molecule has 1 saturated heterocycles. The zero-order valence-corrected chi connectivity index (χ0v) is 11.7. The fraction of sp³-hybridized carbons (Fsp3) is 0.538. The maximum atomic E-state index is 11.8. The van der Waals surface area contributed by atoms with Crippen LogP contribution in [0.4, 0.5) is 4.79 Å². The molecular formula is C13H18ClN3O2. The third kappa shape index (κ3) is 3.73. The van der Waals surface area contributed by atoms with Crippen molar-refractivity contribution in [2.24, 2.45) is 0 Å². The Balaban J connectivity index is 1.94. The molecule has 1 aliphatic heterocycles. The van der Waals surface area contributed by atoms with E-state index in [4.69, 9.17) is 16.3 Å². The Kier molecular flexibility index (Phi) is 4.85. The molecule has 0 aromatic carbocycles. The van der Waals surface area contributed by atoms with Gasteiger partial charge in [0.2, 0.25) is 0 Å². The largest absolute Gasteiger partial charge is 0.487 e. The molecule has 0 aliphatic carbocycles. The van der Waals surface area contributed by atoms with Crippen LogP contribution >= 0.6 is 11.6 Å². The van der Waals surface area contributed by atoms with Crippen LogP contribution < -0.4 is 10.1 Å². The summed E-state index contributed by atoms with van der Waals surface area (Å²) in [5, 5.41) is 3.30. The predicted octanol–water partition coefficient (Wildman–Crippen LogP) is 2.31. The third-order valence-electron chi connectivity index (χ3n) is 3.02. The summed E-state index contributed by atoms with van der Waals surface area (Å²) in [6.07, 6.45) is 5.04. The highest BCUT2D eigenvalue weighted by atomic mass is 35.5. The van der Waals surface area contributed by atoms with Gasteiger partial charge in [-0.2, -0.15) is 0 Å². The van der Waals surface area contributed by atoms with Crippen LogP contribution in [0, 0.1) is 0 Å². The highest BCUT2D eigenvalue weighted by molar-refractivity contribution is 6.31. The van der Waals surface area contributed by atoms with Crippen molar-refractivity contribution in [3.8, 4) is 5.75 Å². The molecule has 6 heteroatoms. The average molecular weight is 284 g/mol. The molecule has 1 aliphatic rings. The molecule has 0 bridgehead atoms. The second-order valence-electron chi connectivity index (χ2n) is 4.47. The smallest absolute Gasteiger partial charge is 0.317 e. The van der Waals surface area contributed by atoms with Crippen molar-refractivity contribution >= 4 is 17.6 Å². The lowest BCUT2D eigenvalue weighted by atomic mass is 10.1. The minimum absolute atomic E-state index is 0.0174. The summed E-state index contributed by atoms with van der Waals surface area (Å²) in [7, 11) is 0. The predicted molar refractivity (Wildman–Crippen MR) is 73.5 cm³/mol. The van der Waals surface area contributed by atoms with Crippen molar-refractivity contribution in [1.82, 2.24) is 15.2 Å². The normalized spacial score (nSPS) is 19.1. The van der Waals surface area contributed by atoms with Gasteiger partial charge in [0.1, 0.15) is 16.9 Å². The van der Waals surface area contributed by atoms with Crippen LogP contribution in [0.25, 0.3) is 0 Å². The zero-order chi connectivity index (χ0) is 13.7. The van der Waals surface area contributed by atoms with E-state index in [-0.39, 0.29) is 12.1 Å². The number of aromatic nitrogens is 1. The van der Waals surface area contributed by atoms with Crippen molar-refractivity contribution in [2.75, 3.05) is 19.6 Å². The Morgan fingerprint density at radius 2 is 2.53 bits per heavy atom. The third-order valence-corrected chi connectivity index (χ3v) is 3.31. The van der Waals surface area contributed by atoms with Crippen molar-refractivity contribution in [1.29, 1.82) is 0 Å². The average Bonchev–Trinajstić information content (AvgIpc) is 2.42. The van der Waals surface area contributed by atoms with E-state index in [2.05, 4.69) is 10.3 Å². The van der Waals surface area contributed by atoms with Gasteiger partial charge in [-0.15, -0.1) is 0 Å². The lowest BCUT2D eigenvalue weighted by Gasteiger charge is -2.32. The number of carbonyl (C=O) groups is 1. The maximum Gasteiger partial charge on any atom is 0.317 e. The van der Waals surface area contributed by atoms with Gasteiger partial charge >= 0.3 is 6.03 Å². The number of carbonyl (C=O) groups excluding carboxylic acids is 1. The monoisotopic (exact) mass is 283 g/mol. The number of ether oxygens (including phenoxy) is 1. The number of likely N-dealkylation sites (tertiary alicyclic amines) is 1. The summed E-state index contributed by atoms with van der Waals surface area (Å²) in [6.45, 7) is 3.91. The molecule has 5 nitrogen and oxygen atoms in total. The Bertz CT molecular complexity index is 442. The SMILES string of the molecule is CCNC(=O)N1CCC[C@@H](Oc2ccncc2Cl)C1. The molecule has 0 saturated carbocycles. The maximum absolute atomic E-state index is 11.8. The molecule has 1 aromatic heterocycles. The zero-order valence-electron chi connectivity index (χ0n) is 10.9. The van der Waals surface area contributed by atoms with Gasteiger partial charge in [0.05, 0.1) is 6.54 Å². The van der Waals surface area contributed by atoms with Crippen molar-refractivity contribution in [2.45, 2.75) is 25.9 Å². The van der Waals surface area contributed by atoms with Gasteiger partial charge in [0.15, 0.2) is 0 Å². The van der Waals surface area contributed by atoms with Gasteiger partial charge in [-0.1, -0.05) is 11.6 Å². The minimum Gasteiger partial charge on any atom is -0.487 e. The molecule has 0 unspecified atom stereocenters. The van der Waals surface area contributed by atoms with Gasteiger partial charge in [-0.3, -0.25) is 4.98 Å². The van der Waals surface area contributed by atoms with Gasteiger partial charge < -0.3 is 15.0 Å². The Morgan fingerprint density at radius 1 is 1.68 bits per heavy atom. The fourth-order valence-electron chi connectivity index (χ4n) is 2.12. The fourth-order valence-corrected chi connectivity index (χ4v) is 2.28. The molecule has 2 rings (SSSR count). The number of hydrogen-bond donors (Lipinski definition) is 1. The first-order chi connectivity index (χ1) is 9.20. The van der Waals surface area contributed by atoms with Gasteiger partial charge in [-0.05, 0) is 19.8 Å². The van der Waals surface area contributed by atoms with Crippen LogP contribution in [0.2, 0.25) is 5.02 Å². The number of hydrogen-bond acceptors (Lipinski definition) is 3. The van der Waals surface area contributed by atoms with Gasteiger partial charge in [0.25, 0.3) is 0 Å². The number of rotatable bonds is 3. The van der Waals surface area contributed by atoms with Crippen LogP contribution in [0.3, 0.4) is 0 Å². The molecule has 2 heterocycles. The molecule has 1 fully saturated rings. The summed E-state index contributed by atoms with van der Waals surface area (Å²) in [5.41, 5.74) is 0. The van der Waals surface area contributed by atoms with E-state index in [0.29, 0.717) is 23.9 Å². The molecule has 0 radical (unpaired) electrons. The van der Waals surface area contributed by atoms with Gasteiger partial charge in [0, 0.05) is 31.5 Å². The lowest BCUT2D eigenvalue weighted by Crippen LogP contribution is -2.48. The van der Waals surface area contributed by atoms with Crippen molar-refractivity contribution < 1.29 is 9.53 Å². The van der Waals surface area contributed by atoms with E-state index >= 15 is 0 Å². The lowest BCUT2D eigenvalue weighted by molar-refractivity contribution is 0.102. The molecule has 1 N–H and O–H groups in total. The minimum atomic E-state index is -0.0309. The number of halogens is 1. The number of piperidine rings is 1. The molecule has 104 valence electrons. The Morgan fingerprint density at radius 3 is 3.26 bits per heavy atom. The van der Waals surface area contributed by atoms with E-state index in [1.54, 1.807) is 23.4 Å². The Hall–Kier alpha value is -1.49. The van der Waals surface area contributed by atoms with Crippen molar-refractivity contribution in [3.05, 3.63) is 23.5 Å². The summed E-state index contributed by atoms with van der Waals surface area (Å²) >= 11 is 6.01. The van der Waals surface area contributed by atoms with E-state index < -0.39 is 0 Å². The van der Waals surface area contributed by atoms with E-state index in [9.17, 15) is 4.79 Å². The summed E-state index contributed by atoms with van der Waals surface area (Å²) in [4.78, 5) is 17.5. The number of amides is 2.